The Bertz CT molecular complexity index is 783. The predicted octanol–water partition coefficient (Wildman–Crippen LogP) is 2.47. The summed E-state index contributed by atoms with van der Waals surface area (Å²) < 4.78 is 0. The minimum Gasteiger partial charge on any atom is -0.350 e. The van der Waals surface area contributed by atoms with Crippen LogP contribution in [0.4, 0.5) is 0 Å². The van der Waals surface area contributed by atoms with Crippen LogP contribution in [0.3, 0.4) is 0 Å². The molecule has 5 saturated heterocycles. The van der Waals surface area contributed by atoms with Gasteiger partial charge in [0, 0.05) is 56.6 Å². The zero-order chi connectivity index (χ0) is 20.9. The fourth-order valence-electron chi connectivity index (χ4n) is 7.81. The van der Waals surface area contributed by atoms with Crippen molar-refractivity contribution in [3.05, 3.63) is 35.9 Å². The minimum absolute atomic E-state index is 0.00938. The van der Waals surface area contributed by atoms with Gasteiger partial charge in [0.05, 0.1) is 0 Å². The molecule has 5 heterocycles. The van der Waals surface area contributed by atoms with E-state index in [0.29, 0.717) is 11.8 Å². The molecule has 3 atom stereocenters. The van der Waals surface area contributed by atoms with E-state index in [2.05, 4.69) is 50.3 Å². The van der Waals surface area contributed by atoms with E-state index < -0.39 is 0 Å². The van der Waals surface area contributed by atoms with Gasteiger partial charge in [-0.1, -0.05) is 49.6 Å². The lowest BCUT2D eigenvalue weighted by Crippen LogP contribution is -2.73. The van der Waals surface area contributed by atoms with Gasteiger partial charge in [0.1, 0.15) is 5.54 Å². The molecule has 168 valence electrons. The SMILES string of the molecule is O=C(NC1C2CN3CCN(C2)CC1(c1ccccc1)C3)C1(N2CCCC2)CCCCC1. The zero-order valence-corrected chi connectivity index (χ0v) is 18.9. The van der Waals surface area contributed by atoms with Crippen LogP contribution in [0.2, 0.25) is 0 Å². The number of rotatable bonds is 4. The van der Waals surface area contributed by atoms with E-state index in [9.17, 15) is 4.79 Å². The number of hydrogen-bond donors (Lipinski definition) is 1. The molecule has 1 amide bonds. The second-order valence-corrected chi connectivity index (χ2v) is 11.0. The third kappa shape index (κ3) is 3.27. The average Bonchev–Trinajstić information content (AvgIpc) is 3.24. The van der Waals surface area contributed by atoms with E-state index in [1.54, 1.807) is 0 Å². The molecular formula is C26H38N4O. The van der Waals surface area contributed by atoms with E-state index >= 15 is 0 Å². The Hall–Kier alpha value is -1.43. The largest absolute Gasteiger partial charge is 0.350 e. The molecule has 3 unspecified atom stereocenters. The van der Waals surface area contributed by atoms with Crippen LogP contribution in [0, 0.1) is 5.92 Å². The molecule has 0 aromatic heterocycles. The molecule has 6 aliphatic rings. The summed E-state index contributed by atoms with van der Waals surface area (Å²) in [5.74, 6) is 0.874. The van der Waals surface area contributed by atoms with E-state index in [-0.39, 0.29) is 17.0 Å². The van der Waals surface area contributed by atoms with Crippen molar-refractivity contribution >= 4 is 5.91 Å². The Morgan fingerprint density at radius 3 is 2.13 bits per heavy atom. The molecule has 0 radical (unpaired) electrons. The van der Waals surface area contributed by atoms with E-state index in [0.717, 1.165) is 52.1 Å². The molecule has 4 bridgehead atoms. The first kappa shape index (κ1) is 20.2. The molecule has 7 rings (SSSR count). The predicted molar refractivity (Wildman–Crippen MR) is 123 cm³/mol. The van der Waals surface area contributed by atoms with Gasteiger partial charge in [-0.05, 0) is 44.3 Å². The summed E-state index contributed by atoms with van der Waals surface area (Å²) in [7, 11) is 0. The Morgan fingerprint density at radius 1 is 0.839 bits per heavy atom. The molecule has 1 aromatic carbocycles. The Morgan fingerprint density at radius 2 is 1.48 bits per heavy atom. The summed E-state index contributed by atoms with van der Waals surface area (Å²) in [5.41, 5.74) is 1.17. The van der Waals surface area contributed by atoms with Gasteiger partial charge >= 0.3 is 0 Å². The van der Waals surface area contributed by atoms with Crippen molar-refractivity contribution in [1.29, 1.82) is 0 Å². The van der Waals surface area contributed by atoms with Crippen LogP contribution in [-0.4, -0.2) is 84.5 Å². The summed E-state index contributed by atoms with van der Waals surface area (Å²) in [6.45, 7) is 8.96. The van der Waals surface area contributed by atoms with Gasteiger partial charge in [0.2, 0.25) is 5.91 Å². The maximum atomic E-state index is 14.2. The van der Waals surface area contributed by atoms with Crippen LogP contribution >= 0.6 is 0 Å². The standard InChI is InChI=1S/C26H38N4O/c31-24(26(11-5-2-6-12-26)30-13-7-8-14-30)27-23-21-17-28-15-16-29(18-21)20-25(23,19-28)22-9-3-1-4-10-22/h1,3-4,9-10,21,23H,2,5-8,11-20H2,(H,27,31). The number of amides is 1. The first-order valence-corrected chi connectivity index (χ1v) is 12.8. The van der Waals surface area contributed by atoms with Gasteiger partial charge in [-0.25, -0.2) is 0 Å². The number of carbonyl (C=O) groups excluding carboxylic acids is 1. The van der Waals surface area contributed by atoms with Crippen molar-refractivity contribution in [2.45, 2.75) is 61.9 Å². The molecular weight excluding hydrogens is 384 g/mol. The lowest BCUT2D eigenvalue weighted by atomic mass is 9.64. The van der Waals surface area contributed by atoms with E-state index in [1.807, 2.05) is 0 Å². The van der Waals surface area contributed by atoms with Gasteiger partial charge in [-0.3, -0.25) is 9.69 Å². The monoisotopic (exact) mass is 422 g/mol. The minimum atomic E-state index is -0.252. The van der Waals surface area contributed by atoms with Gasteiger partial charge in [-0.2, -0.15) is 0 Å². The first-order valence-electron chi connectivity index (χ1n) is 12.8. The number of likely N-dealkylation sites (tertiary alicyclic amines) is 1. The second-order valence-electron chi connectivity index (χ2n) is 11.0. The molecule has 6 fully saturated rings. The highest BCUT2D eigenvalue weighted by molar-refractivity contribution is 5.87. The van der Waals surface area contributed by atoms with Crippen LogP contribution in [0.25, 0.3) is 0 Å². The molecule has 0 spiro atoms. The highest BCUT2D eigenvalue weighted by Gasteiger charge is 2.57. The maximum absolute atomic E-state index is 14.2. The summed E-state index contributed by atoms with van der Waals surface area (Å²) >= 11 is 0. The van der Waals surface area contributed by atoms with Gasteiger partial charge in [0.15, 0.2) is 0 Å². The molecule has 5 aliphatic heterocycles. The quantitative estimate of drug-likeness (QED) is 0.809. The van der Waals surface area contributed by atoms with Crippen molar-refractivity contribution < 1.29 is 4.79 Å². The Balaban J connectivity index is 1.35. The smallest absolute Gasteiger partial charge is 0.240 e. The number of carbonyl (C=O) groups is 1. The van der Waals surface area contributed by atoms with E-state index in [4.69, 9.17) is 0 Å². The van der Waals surface area contributed by atoms with Crippen LogP contribution in [-0.2, 0) is 10.2 Å². The molecule has 1 aliphatic carbocycles. The molecule has 1 aromatic rings. The second kappa shape index (κ2) is 7.86. The summed E-state index contributed by atoms with van der Waals surface area (Å²) in [5, 5.41) is 3.78. The van der Waals surface area contributed by atoms with Crippen LogP contribution in [0.5, 0.6) is 0 Å². The normalized spacial score (nSPS) is 39.4. The van der Waals surface area contributed by atoms with E-state index in [1.165, 1.54) is 50.8 Å². The summed E-state index contributed by atoms with van der Waals surface area (Å²) in [6.07, 6.45) is 8.27. The van der Waals surface area contributed by atoms with Gasteiger partial charge in [0.25, 0.3) is 0 Å². The van der Waals surface area contributed by atoms with Crippen molar-refractivity contribution in [3.63, 3.8) is 0 Å². The van der Waals surface area contributed by atoms with Crippen molar-refractivity contribution in [2.75, 3.05) is 52.4 Å². The topological polar surface area (TPSA) is 38.8 Å². The maximum Gasteiger partial charge on any atom is 0.240 e. The van der Waals surface area contributed by atoms with Crippen molar-refractivity contribution in [1.82, 2.24) is 20.0 Å². The lowest BCUT2D eigenvalue weighted by molar-refractivity contribution is -0.138. The summed E-state index contributed by atoms with van der Waals surface area (Å²) in [4.78, 5) is 22.1. The average molecular weight is 423 g/mol. The fraction of sp³-hybridized carbons (Fsp3) is 0.731. The Labute approximate surface area is 187 Å². The summed E-state index contributed by atoms with van der Waals surface area (Å²) in [6, 6.07) is 11.4. The molecule has 31 heavy (non-hydrogen) atoms. The van der Waals surface area contributed by atoms with Crippen LogP contribution in [0.1, 0.15) is 50.5 Å². The Kier molecular flexibility index (Phi) is 5.12. The van der Waals surface area contributed by atoms with Gasteiger partial charge < -0.3 is 15.1 Å². The van der Waals surface area contributed by atoms with Crippen molar-refractivity contribution in [2.24, 2.45) is 5.92 Å². The van der Waals surface area contributed by atoms with Gasteiger partial charge in [-0.15, -0.1) is 0 Å². The van der Waals surface area contributed by atoms with Crippen LogP contribution < -0.4 is 5.32 Å². The van der Waals surface area contributed by atoms with Crippen LogP contribution in [0.15, 0.2) is 30.3 Å². The first-order chi connectivity index (χ1) is 15.2. The molecule has 5 heteroatoms. The third-order valence-electron chi connectivity index (χ3n) is 9.25. The molecule has 1 N–H and O–H groups in total. The zero-order valence-electron chi connectivity index (χ0n) is 18.9. The number of piperidine rings is 2. The molecule has 5 nitrogen and oxygen atoms in total. The number of benzene rings is 1. The number of nitrogens with one attached hydrogen (secondary N) is 1. The third-order valence-corrected chi connectivity index (χ3v) is 9.25. The van der Waals surface area contributed by atoms with Crippen molar-refractivity contribution in [3.8, 4) is 0 Å². The molecule has 1 saturated carbocycles. The lowest BCUT2D eigenvalue weighted by Gasteiger charge is -2.56. The number of hydrogen-bond acceptors (Lipinski definition) is 4. The number of fused-ring (bicyclic) bond motifs is 1. The fourth-order valence-corrected chi connectivity index (χ4v) is 7.81. The number of nitrogens with zero attached hydrogens (tertiary/aromatic N) is 3. The highest BCUT2D eigenvalue weighted by atomic mass is 16.2. The highest BCUT2D eigenvalue weighted by Crippen LogP contribution is 2.44.